The van der Waals surface area contributed by atoms with Gasteiger partial charge in [-0.2, -0.15) is 5.10 Å². The average molecular weight is 354 g/mol. The Labute approximate surface area is 133 Å². The zero-order valence-corrected chi connectivity index (χ0v) is 14.2. The number of hydrogen-bond acceptors (Lipinski definition) is 2. The molecule has 0 fully saturated rings. The van der Waals surface area contributed by atoms with Crippen molar-refractivity contribution in [2.24, 2.45) is 7.05 Å². The number of hydrogen-bond donors (Lipinski definition) is 1. The number of likely N-dealkylation sites (N-methyl/N-ethyl adjacent to an activating group) is 1. The first-order valence-electron chi connectivity index (χ1n) is 7.17. The summed E-state index contributed by atoms with van der Waals surface area (Å²) in [6.07, 6.45) is 1.74. The Hall–Kier alpha value is -1.20. The zero-order valence-electron chi connectivity index (χ0n) is 12.7. The van der Waals surface area contributed by atoms with Crippen molar-refractivity contribution in [2.75, 3.05) is 6.54 Å². The molecule has 1 aromatic heterocycles. The standard InChI is InChI=1S/C16H21BrFN3/c1-4-19-14(9-12-5-7-13(18)8-6-12)10-15-16(17)11(2)20-21(15)3/h5-8,14,19H,4,9-10H2,1-3H3. The summed E-state index contributed by atoms with van der Waals surface area (Å²) in [5.41, 5.74) is 3.32. The molecule has 114 valence electrons. The molecule has 0 aliphatic carbocycles. The highest BCUT2D eigenvalue weighted by Gasteiger charge is 2.16. The molecule has 1 unspecified atom stereocenters. The molecule has 0 amide bonds. The van der Waals surface area contributed by atoms with Gasteiger partial charge in [0.25, 0.3) is 0 Å². The van der Waals surface area contributed by atoms with E-state index in [1.807, 2.05) is 30.8 Å². The molecule has 0 aliphatic heterocycles. The summed E-state index contributed by atoms with van der Waals surface area (Å²) in [6, 6.07) is 7.03. The molecule has 3 nitrogen and oxygen atoms in total. The van der Waals surface area contributed by atoms with Crippen molar-refractivity contribution in [3.8, 4) is 0 Å². The van der Waals surface area contributed by atoms with Gasteiger partial charge in [-0.1, -0.05) is 19.1 Å². The first kappa shape index (κ1) is 16.2. The second kappa shape index (κ2) is 7.18. The molecule has 0 saturated heterocycles. The lowest BCUT2D eigenvalue weighted by Gasteiger charge is -2.18. The fourth-order valence-electron chi connectivity index (χ4n) is 2.55. The first-order chi connectivity index (χ1) is 10.0. The lowest BCUT2D eigenvalue weighted by atomic mass is 10.0. The van der Waals surface area contributed by atoms with Gasteiger partial charge in [-0.25, -0.2) is 4.39 Å². The molecule has 5 heteroatoms. The Bertz CT molecular complexity index is 592. The van der Waals surface area contributed by atoms with E-state index in [4.69, 9.17) is 0 Å². The van der Waals surface area contributed by atoms with E-state index in [1.54, 1.807) is 0 Å². The zero-order chi connectivity index (χ0) is 15.4. The third-order valence-electron chi connectivity index (χ3n) is 3.59. The van der Waals surface area contributed by atoms with Crippen LogP contribution in [-0.2, 0) is 19.9 Å². The minimum absolute atomic E-state index is 0.191. The summed E-state index contributed by atoms with van der Waals surface area (Å²) >= 11 is 3.61. The lowest BCUT2D eigenvalue weighted by molar-refractivity contribution is 0.503. The molecule has 1 N–H and O–H groups in total. The Kier molecular flexibility index (Phi) is 5.53. The second-order valence-electron chi connectivity index (χ2n) is 5.26. The second-order valence-corrected chi connectivity index (χ2v) is 6.05. The number of aryl methyl sites for hydroxylation is 2. The molecule has 1 aromatic carbocycles. The van der Waals surface area contributed by atoms with Gasteiger partial charge in [0.15, 0.2) is 0 Å². The summed E-state index contributed by atoms with van der Waals surface area (Å²) < 4.78 is 16.0. The van der Waals surface area contributed by atoms with Crippen molar-refractivity contribution in [1.29, 1.82) is 0 Å². The van der Waals surface area contributed by atoms with Gasteiger partial charge in [0.2, 0.25) is 0 Å². The molecule has 2 aromatic rings. The summed E-state index contributed by atoms with van der Waals surface area (Å²) in [4.78, 5) is 0. The number of nitrogens with zero attached hydrogens (tertiary/aromatic N) is 2. The molecule has 21 heavy (non-hydrogen) atoms. The van der Waals surface area contributed by atoms with Crippen LogP contribution in [0.5, 0.6) is 0 Å². The predicted molar refractivity (Wildman–Crippen MR) is 86.9 cm³/mol. The predicted octanol–water partition coefficient (Wildman–Crippen LogP) is 3.39. The van der Waals surface area contributed by atoms with E-state index in [1.165, 1.54) is 17.8 Å². The average Bonchev–Trinajstić information content (AvgIpc) is 2.68. The quantitative estimate of drug-likeness (QED) is 0.862. The van der Waals surface area contributed by atoms with Crippen molar-refractivity contribution in [3.63, 3.8) is 0 Å². The molecule has 1 heterocycles. The topological polar surface area (TPSA) is 29.9 Å². The third-order valence-corrected chi connectivity index (χ3v) is 4.62. The molecule has 0 saturated carbocycles. The number of nitrogens with one attached hydrogen (secondary N) is 1. The van der Waals surface area contributed by atoms with E-state index >= 15 is 0 Å². The minimum Gasteiger partial charge on any atom is -0.314 e. The molecule has 1 atom stereocenters. The van der Waals surface area contributed by atoms with E-state index in [0.717, 1.165) is 35.1 Å². The van der Waals surface area contributed by atoms with Gasteiger partial charge in [-0.05, 0) is 53.5 Å². The molecule has 0 bridgehead atoms. The normalized spacial score (nSPS) is 12.6. The summed E-state index contributed by atoms with van der Waals surface area (Å²) in [6.45, 7) is 5.00. The summed E-state index contributed by atoms with van der Waals surface area (Å²) in [5, 5.41) is 7.94. The van der Waals surface area contributed by atoms with Crippen molar-refractivity contribution in [3.05, 3.63) is 51.5 Å². The first-order valence-corrected chi connectivity index (χ1v) is 7.96. The minimum atomic E-state index is -0.191. The van der Waals surface area contributed by atoms with Crippen LogP contribution < -0.4 is 5.32 Å². The van der Waals surface area contributed by atoms with Crippen LogP contribution in [0.15, 0.2) is 28.7 Å². The maximum Gasteiger partial charge on any atom is 0.123 e. The SMILES string of the molecule is CCNC(Cc1ccc(F)cc1)Cc1c(Br)c(C)nn1C. The highest BCUT2D eigenvalue weighted by molar-refractivity contribution is 9.10. The summed E-state index contributed by atoms with van der Waals surface area (Å²) in [7, 11) is 1.97. The van der Waals surface area contributed by atoms with Crippen LogP contribution in [-0.4, -0.2) is 22.4 Å². The van der Waals surface area contributed by atoms with Crippen LogP contribution in [0.25, 0.3) is 0 Å². The van der Waals surface area contributed by atoms with Crippen LogP contribution in [0.4, 0.5) is 4.39 Å². The van der Waals surface area contributed by atoms with Crippen LogP contribution >= 0.6 is 15.9 Å². The van der Waals surface area contributed by atoms with E-state index < -0.39 is 0 Å². The van der Waals surface area contributed by atoms with Crippen molar-refractivity contribution in [1.82, 2.24) is 15.1 Å². The van der Waals surface area contributed by atoms with Crippen LogP contribution in [0.3, 0.4) is 0 Å². The Morgan fingerprint density at radius 1 is 1.29 bits per heavy atom. The third kappa shape index (κ3) is 4.14. The maximum absolute atomic E-state index is 13.0. The van der Waals surface area contributed by atoms with Crippen LogP contribution in [0, 0.1) is 12.7 Å². The van der Waals surface area contributed by atoms with Gasteiger partial charge < -0.3 is 5.32 Å². The molecule has 0 aliphatic rings. The molecule has 2 rings (SSSR count). The lowest BCUT2D eigenvalue weighted by Crippen LogP contribution is -2.33. The fraction of sp³-hybridized carbons (Fsp3) is 0.438. The maximum atomic E-state index is 13.0. The van der Waals surface area contributed by atoms with Crippen molar-refractivity contribution < 1.29 is 4.39 Å². The molecular formula is C16H21BrFN3. The van der Waals surface area contributed by atoms with Gasteiger partial charge >= 0.3 is 0 Å². The van der Waals surface area contributed by atoms with Crippen molar-refractivity contribution in [2.45, 2.75) is 32.7 Å². The summed E-state index contributed by atoms with van der Waals surface area (Å²) in [5.74, 6) is -0.191. The highest BCUT2D eigenvalue weighted by atomic mass is 79.9. The number of aromatic nitrogens is 2. The van der Waals surface area contributed by atoms with Gasteiger partial charge in [0, 0.05) is 19.5 Å². The van der Waals surface area contributed by atoms with Gasteiger partial charge in [0.05, 0.1) is 15.9 Å². The highest BCUT2D eigenvalue weighted by Crippen LogP contribution is 2.22. The van der Waals surface area contributed by atoms with Crippen molar-refractivity contribution >= 4 is 15.9 Å². The van der Waals surface area contributed by atoms with Crippen LogP contribution in [0.1, 0.15) is 23.9 Å². The monoisotopic (exact) mass is 353 g/mol. The fourth-order valence-corrected chi connectivity index (χ4v) is 3.04. The number of benzene rings is 1. The van der Waals surface area contributed by atoms with E-state index in [-0.39, 0.29) is 5.82 Å². The van der Waals surface area contributed by atoms with Gasteiger partial charge in [0.1, 0.15) is 5.82 Å². The number of rotatable bonds is 6. The largest absolute Gasteiger partial charge is 0.314 e. The molecule has 0 radical (unpaired) electrons. The van der Waals surface area contributed by atoms with Gasteiger partial charge in [-0.15, -0.1) is 0 Å². The number of halogens is 2. The molecule has 0 spiro atoms. The van der Waals surface area contributed by atoms with E-state index in [9.17, 15) is 4.39 Å². The Morgan fingerprint density at radius 2 is 1.95 bits per heavy atom. The molecular weight excluding hydrogens is 333 g/mol. The Morgan fingerprint density at radius 3 is 2.48 bits per heavy atom. The van der Waals surface area contributed by atoms with E-state index in [0.29, 0.717) is 6.04 Å². The Balaban J connectivity index is 2.13. The smallest absolute Gasteiger partial charge is 0.123 e. The van der Waals surface area contributed by atoms with Crippen LogP contribution in [0.2, 0.25) is 0 Å². The van der Waals surface area contributed by atoms with E-state index in [2.05, 4.69) is 33.3 Å². The van der Waals surface area contributed by atoms with Gasteiger partial charge in [-0.3, -0.25) is 4.68 Å².